The van der Waals surface area contributed by atoms with Gasteiger partial charge in [0.15, 0.2) is 6.61 Å². The lowest BCUT2D eigenvalue weighted by Gasteiger charge is -2.25. The molecule has 0 aliphatic carbocycles. The van der Waals surface area contributed by atoms with Crippen LogP contribution in [0, 0.1) is 5.41 Å². The molecular weight excluding hydrogens is 685 g/mol. The largest absolute Gasteiger partial charge is 0.494 e. The molecule has 3 aromatic carbocycles. The van der Waals surface area contributed by atoms with Gasteiger partial charge in [-0.05, 0) is 84.5 Å². The summed E-state index contributed by atoms with van der Waals surface area (Å²) >= 11 is 0. The highest BCUT2D eigenvalue weighted by molar-refractivity contribution is 6.39. The molecule has 0 saturated carbocycles. The SMILES string of the molecule is CC(C)(CNC(=O)C(=O)Nc1ccc(OCCCCOc2ccc(CN)cc2)cc1)CNC(=O)c1ccc(N=C(N)N=C(N)OCC(F)(F)F)cc1. The molecule has 0 aromatic heterocycles. The van der Waals surface area contributed by atoms with Crippen LogP contribution in [0.1, 0.15) is 42.6 Å². The Labute approximate surface area is 299 Å². The topological polar surface area (TPSA) is 218 Å². The number of aliphatic imine (C=N–C) groups is 2. The van der Waals surface area contributed by atoms with E-state index in [1.165, 1.54) is 24.3 Å². The number of anilines is 1. The molecule has 0 aliphatic heterocycles. The Morgan fingerprint density at radius 3 is 1.88 bits per heavy atom. The summed E-state index contributed by atoms with van der Waals surface area (Å²) in [5.74, 6) is -1.16. The van der Waals surface area contributed by atoms with E-state index in [2.05, 4.69) is 30.7 Å². The number of nitrogens with two attached hydrogens (primary N) is 3. The summed E-state index contributed by atoms with van der Waals surface area (Å²) < 4.78 is 52.4. The van der Waals surface area contributed by atoms with Crippen molar-refractivity contribution in [3.05, 3.63) is 83.9 Å². The highest BCUT2D eigenvalue weighted by Gasteiger charge is 2.29. The average Bonchev–Trinajstić information content (AvgIpc) is 3.11. The monoisotopic (exact) mass is 728 g/mol. The normalized spacial score (nSPS) is 12.1. The molecule has 52 heavy (non-hydrogen) atoms. The third-order valence-corrected chi connectivity index (χ3v) is 6.99. The van der Waals surface area contributed by atoms with Crippen molar-refractivity contribution in [3.8, 4) is 11.5 Å². The number of nitrogens with one attached hydrogen (secondary N) is 3. The standard InChI is InChI=1S/C35H43F3N8O6/c1-34(2,20-42-29(47)24-7-9-26(10-8-24)45-32(40)46-33(41)52-22-35(36,37)38)21-43-30(48)31(49)44-25-11-15-28(16-12-25)51-18-4-3-17-50-27-13-5-23(19-39)6-14-27/h5-16H,3-4,17-22,39H2,1-2H3,(H,42,47)(H,43,48)(H,44,49)(H4,40,41,45,46). The lowest BCUT2D eigenvalue weighted by molar-refractivity contribution is -0.156. The second-order valence-electron chi connectivity index (χ2n) is 12.1. The maximum atomic E-state index is 12.7. The third kappa shape index (κ3) is 15.4. The van der Waals surface area contributed by atoms with Crippen LogP contribution < -0.4 is 42.6 Å². The van der Waals surface area contributed by atoms with Crippen LogP contribution in [0.4, 0.5) is 24.5 Å². The summed E-state index contributed by atoms with van der Waals surface area (Å²) in [6.45, 7) is 3.74. The molecule has 3 rings (SSSR count). The van der Waals surface area contributed by atoms with E-state index < -0.39 is 47.9 Å². The molecule has 0 atom stereocenters. The van der Waals surface area contributed by atoms with E-state index in [-0.39, 0.29) is 24.3 Å². The smallest absolute Gasteiger partial charge is 0.422 e. The number of unbranched alkanes of at least 4 members (excludes halogenated alkanes) is 1. The predicted molar refractivity (Wildman–Crippen MR) is 190 cm³/mol. The van der Waals surface area contributed by atoms with Gasteiger partial charge in [-0.15, -0.1) is 0 Å². The van der Waals surface area contributed by atoms with Crippen molar-refractivity contribution < 1.29 is 41.8 Å². The number of carbonyl (C=O) groups excluding carboxylic acids is 3. The van der Waals surface area contributed by atoms with Gasteiger partial charge in [-0.2, -0.15) is 18.2 Å². The maximum Gasteiger partial charge on any atom is 0.422 e. The number of hydrogen-bond acceptors (Lipinski definition) is 8. The Hall–Kier alpha value is -5.84. The fourth-order valence-corrected chi connectivity index (χ4v) is 4.16. The minimum absolute atomic E-state index is 0.0845. The van der Waals surface area contributed by atoms with E-state index in [0.717, 1.165) is 24.2 Å². The molecule has 9 N–H and O–H groups in total. The molecule has 0 heterocycles. The third-order valence-electron chi connectivity index (χ3n) is 6.99. The first-order valence-corrected chi connectivity index (χ1v) is 16.1. The van der Waals surface area contributed by atoms with Gasteiger partial charge in [-0.25, -0.2) is 4.99 Å². The number of alkyl halides is 3. The number of halogens is 3. The van der Waals surface area contributed by atoms with Gasteiger partial charge in [0.1, 0.15) is 11.5 Å². The summed E-state index contributed by atoms with van der Waals surface area (Å²) in [5.41, 5.74) is 17.8. The summed E-state index contributed by atoms with van der Waals surface area (Å²) in [6, 6.07) is 19.3. The van der Waals surface area contributed by atoms with Gasteiger partial charge >= 0.3 is 18.0 Å². The molecule has 14 nitrogen and oxygen atoms in total. The van der Waals surface area contributed by atoms with Gasteiger partial charge in [-0.3, -0.25) is 14.4 Å². The van der Waals surface area contributed by atoms with Crippen molar-refractivity contribution in [3.63, 3.8) is 0 Å². The molecular formula is C35H43F3N8O6. The number of amidine groups is 1. The van der Waals surface area contributed by atoms with E-state index in [0.29, 0.717) is 31.2 Å². The highest BCUT2D eigenvalue weighted by Crippen LogP contribution is 2.18. The van der Waals surface area contributed by atoms with E-state index in [1.54, 1.807) is 38.1 Å². The van der Waals surface area contributed by atoms with Crippen molar-refractivity contribution >= 4 is 41.1 Å². The molecule has 0 saturated heterocycles. The molecule has 0 bridgehead atoms. The molecule has 0 fully saturated rings. The quantitative estimate of drug-likeness (QED) is 0.0547. The lowest BCUT2D eigenvalue weighted by atomic mass is 9.93. The summed E-state index contributed by atoms with van der Waals surface area (Å²) in [5, 5.41) is 7.89. The minimum atomic E-state index is -4.59. The van der Waals surface area contributed by atoms with Gasteiger partial charge < -0.3 is 47.4 Å². The molecule has 17 heteroatoms. The minimum Gasteiger partial charge on any atom is -0.494 e. The molecule has 280 valence electrons. The molecule has 0 radical (unpaired) electrons. The first kappa shape index (κ1) is 40.6. The van der Waals surface area contributed by atoms with E-state index in [9.17, 15) is 27.6 Å². The van der Waals surface area contributed by atoms with Crippen LogP contribution in [0.3, 0.4) is 0 Å². The van der Waals surface area contributed by atoms with Crippen LogP contribution in [-0.4, -0.2) is 68.8 Å². The Kier molecular flexibility index (Phi) is 15.2. The Morgan fingerprint density at radius 2 is 1.33 bits per heavy atom. The number of benzene rings is 3. The summed E-state index contributed by atoms with van der Waals surface area (Å²) in [4.78, 5) is 44.9. The van der Waals surface area contributed by atoms with E-state index >= 15 is 0 Å². The van der Waals surface area contributed by atoms with Crippen molar-refractivity contribution in [1.29, 1.82) is 0 Å². The summed E-state index contributed by atoms with van der Waals surface area (Å²) in [7, 11) is 0. The lowest BCUT2D eigenvalue weighted by Crippen LogP contribution is -2.44. The zero-order valence-electron chi connectivity index (χ0n) is 28.8. The molecule has 0 spiro atoms. The number of carbonyl (C=O) groups is 3. The number of nitrogens with zero attached hydrogens (tertiary/aromatic N) is 2. The fraction of sp³-hybridized carbons (Fsp3) is 0.343. The Bertz CT molecular complexity index is 1680. The highest BCUT2D eigenvalue weighted by atomic mass is 19.4. The van der Waals surface area contributed by atoms with Crippen LogP contribution in [0.2, 0.25) is 0 Å². The van der Waals surface area contributed by atoms with Gasteiger partial charge in [-0.1, -0.05) is 26.0 Å². The van der Waals surface area contributed by atoms with Crippen LogP contribution >= 0.6 is 0 Å². The van der Waals surface area contributed by atoms with Crippen molar-refractivity contribution in [1.82, 2.24) is 10.6 Å². The molecule has 3 aromatic rings. The van der Waals surface area contributed by atoms with Crippen LogP contribution in [0.5, 0.6) is 11.5 Å². The van der Waals surface area contributed by atoms with Gasteiger partial charge in [0.2, 0.25) is 5.96 Å². The van der Waals surface area contributed by atoms with Gasteiger partial charge in [0.05, 0.1) is 18.9 Å². The predicted octanol–water partition coefficient (Wildman–Crippen LogP) is 3.73. The van der Waals surface area contributed by atoms with Crippen molar-refractivity contribution in [2.24, 2.45) is 32.6 Å². The Balaban J connectivity index is 1.34. The Morgan fingerprint density at radius 1 is 0.769 bits per heavy atom. The average molecular weight is 729 g/mol. The second-order valence-corrected chi connectivity index (χ2v) is 12.1. The van der Waals surface area contributed by atoms with Crippen molar-refractivity contribution in [2.45, 2.75) is 39.4 Å². The number of ether oxygens (including phenoxy) is 3. The zero-order chi connectivity index (χ0) is 38.1. The van der Waals surface area contributed by atoms with Crippen molar-refractivity contribution in [2.75, 3.05) is 38.2 Å². The van der Waals surface area contributed by atoms with Crippen LogP contribution in [-0.2, 0) is 20.9 Å². The fourth-order valence-electron chi connectivity index (χ4n) is 4.16. The van der Waals surface area contributed by atoms with E-state index in [4.69, 9.17) is 26.7 Å². The first-order chi connectivity index (χ1) is 24.6. The number of amides is 3. The zero-order valence-corrected chi connectivity index (χ0v) is 28.8. The number of guanidine groups is 1. The second kappa shape index (κ2) is 19.5. The maximum absolute atomic E-state index is 12.7. The van der Waals surface area contributed by atoms with Crippen LogP contribution in [0.25, 0.3) is 0 Å². The number of rotatable bonds is 16. The van der Waals surface area contributed by atoms with E-state index in [1.807, 2.05) is 24.3 Å². The van der Waals surface area contributed by atoms with Crippen LogP contribution in [0.15, 0.2) is 82.8 Å². The molecule has 0 aliphatic rings. The summed E-state index contributed by atoms with van der Waals surface area (Å²) in [6.07, 6.45) is -3.00. The molecule has 3 amide bonds. The first-order valence-electron chi connectivity index (χ1n) is 16.1. The number of hydrogen-bond donors (Lipinski definition) is 6. The van der Waals surface area contributed by atoms with Gasteiger partial charge in [0, 0.05) is 30.9 Å². The van der Waals surface area contributed by atoms with Gasteiger partial charge in [0.25, 0.3) is 11.9 Å². The molecule has 0 unspecified atom stereocenters.